The average molecular weight is 431 g/mol. The van der Waals surface area contributed by atoms with Crippen LogP contribution >= 0.6 is 11.3 Å². The van der Waals surface area contributed by atoms with Crippen molar-refractivity contribution in [3.63, 3.8) is 0 Å². The Hall–Kier alpha value is -2.45. The normalized spacial score (nSPS) is 16.6. The number of thiazole rings is 1. The highest BCUT2D eigenvalue weighted by atomic mass is 32.1. The van der Waals surface area contributed by atoms with Crippen molar-refractivity contribution in [3.8, 4) is 0 Å². The second kappa shape index (κ2) is 11.1. The van der Waals surface area contributed by atoms with E-state index < -0.39 is 12.0 Å². The third kappa shape index (κ3) is 6.53. The lowest BCUT2D eigenvalue weighted by molar-refractivity contribution is -0.131. The van der Waals surface area contributed by atoms with Crippen LogP contribution in [0.1, 0.15) is 42.5 Å². The number of nitrogens with one attached hydrogen (secondary N) is 2. The van der Waals surface area contributed by atoms with E-state index in [1.54, 1.807) is 6.20 Å². The van der Waals surface area contributed by atoms with Gasteiger partial charge in [-0.25, -0.2) is 4.98 Å². The van der Waals surface area contributed by atoms with E-state index in [0.717, 1.165) is 36.1 Å². The number of rotatable bonds is 9. The van der Waals surface area contributed by atoms with Crippen molar-refractivity contribution in [1.29, 1.82) is 0 Å². The van der Waals surface area contributed by atoms with E-state index in [0.29, 0.717) is 11.7 Å². The van der Waals surface area contributed by atoms with Gasteiger partial charge in [0.25, 0.3) is 0 Å². The molecule has 1 fully saturated rings. The van der Waals surface area contributed by atoms with Gasteiger partial charge < -0.3 is 21.5 Å². The molecule has 0 bridgehead atoms. The average Bonchev–Trinajstić information content (AvgIpc) is 3.19. The topological polar surface area (TPSA) is 117 Å². The summed E-state index contributed by atoms with van der Waals surface area (Å²) in [5, 5.41) is 16.5. The second-order valence-electron chi connectivity index (χ2n) is 7.84. The van der Waals surface area contributed by atoms with Crippen molar-refractivity contribution >= 4 is 28.3 Å². The first kappa shape index (κ1) is 22.2. The molecule has 2 atom stereocenters. The zero-order chi connectivity index (χ0) is 21.3. The van der Waals surface area contributed by atoms with Crippen molar-refractivity contribution < 1.29 is 14.7 Å². The van der Waals surface area contributed by atoms with Crippen LogP contribution in [0.2, 0.25) is 0 Å². The van der Waals surface area contributed by atoms with Crippen LogP contribution in [0.4, 0.5) is 5.13 Å². The first-order valence-electron chi connectivity index (χ1n) is 10.5. The van der Waals surface area contributed by atoms with E-state index in [-0.39, 0.29) is 30.7 Å². The van der Waals surface area contributed by atoms with Crippen LogP contribution in [0.3, 0.4) is 0 Å². The maximum atomic E-state index is 12.9. The third-order valence-electron chi connectivity index (χ3n) is 5.63. The predicted octanol–water partition coefficient (Wildman–Crippen LogP) is 2.26. The number of nitrogen functional groups attached to an aromatic ring is 1. The van der Waals surface area contributed by atoms with Crippen LogP contribution in [-0.2, 0) is 22.6 Å². The number of amides is 2. The van der Waals surface area contributed by atoms with Crippen LogP contribution in [0.15, 0.2) is 36.5 Å². The Labute approximate surface area is 181 Å². The van der Waals surface area contributed by atoms with Crippen LogP contribution in [-0.4, -0.2) is 34.6 Å². The first-order chi connectivity index (χ1) is 14.5. The van der Waals surface area contributed by atoms with Gasteiger partial charge >= 0.3 is 0 Å². The molecule has 2 amide bonds. The Bertz CT molecular complexity index is 821. The van der Waals surface area contributed by atoms with E-state index in [1.165, 1.54) is 17.8 Å². The molecule has 1 aromatic carbocycles. The predicted molar refractivity (Wildman–Crippen MR) is 118 cm³/mol. The van der Waals surface area contributed by atoms with Gasteiger partial charge in [-0.15, -0.1) is 11.3 Å². The summed E-state index contributed by atoms with van der Waals surface area (Å²) in [4.78, 5) is 30.2. The maximum Gasteiger partial charge on any atom is 0.249 e. The zero-order valence-electron chi connectivity index (χ0n) is 17.0. The quantitative estimate of drug-likeness (QED) is 0.487. The number of hydrogen-bond donors (Lipinski definition) is 4. The molecule has 0 unspecified atom stereocenters. The van der Waals surface area contributed by atoms with Crippen molar-refractivity contribution in [3.05, 3.63) is 47.0 Å². The lowest BCUT2D eigenvalue weighted by Gasteiger charge is -2.29. The maximum absolute atomic E-state index is 12.9. The monoisotopic (exact) mass is 430 g/mol. The molecule has 0 radical (unpaired) electrons. The molecule has 2 aromatic rings. The molecular weight excluding hydrogens is 400 g/mol. The van der Waals surface area contributed by atoms with Gasteiger partial charge in [-0.2, -0.15) is 0 Å². The van der Waals surface area contributed by atoms with Crippen LogP contribution < -0.4 is 16.4 Å². The van der Waals surface area contributed by atoms with E-state index in [4.69, 9.17) is 5.73 Å². The first-order valence-corrected chi connectivity index (χ1v) is 11.3. The Balaban J connectivity index is 1.56. The number of aliphatic hydroxyl groups is 1. The molecule has 0 saturated heterocycles. The van der Waals surface area contributed by atoms with E-state index in [1.807, 2.05) is 30.3 Å². The molecule has 7 nitrogen and oxygen atoms in total. The molecule has 3 rings (SSSR count). The van der Waals surface area contributed by atoms with E-state index in [2.05, 4.69) is 15.6 Å². The summed E-state index contributed by atoms with van der Waals surface area (Å²) in [6.45, 7) is 0.605. The SMILES string of the molecule is Nc1ncc(CNC(=O)[C@@H](CNC(=O)[C@H](O)Cc2ccccc2)C2CCCCC2)s1. The number of anilines is 1. The van der Waals surface area contributed by atoms with Gasteiger partial charge in [0.05, 0.1) is 12.5 Å². The molecule has 5 N–H and O–H groups in total. The summed E-state index contributed by atoms with van der Waals surface area (Å²) in [7, 11) is 0. The summed E-state index contributed by atoms with van der Waals surface area (Å²) in [5.41, 5.74) is 6.54. The van der Waals surface area contributed by atoms with Gasteiger partial charge in [0, 0.05) is 24.0 Å². The van der Waals surface area contributed by atoms with E-state index >= 15 is 0 Å². The van der Waals surface area contributed by atoms with Gasteiger partial charge in [0.15, 0.2) is 5.13 Å². The summed E-state index contributed by atoms with van der Waals surface area (Å²) >= 11 is 1.35. The third-order valence-corrected chi connectivity index (χ3v) is 6.46. The molecule has 1 saturated carbocycles. The van der Waals surface area contributed by atoms with Gasteiger partial charge in [-0.1, -0.05) is 49.6 Å². The molecule has 8 heteroatoms. The van der Waals surface area contributed by atoms with Crippen molar-refractivity contribution in [2.45, 2.75) is 51.2 Å². The highest BCUT2D eigenvalue weighted by Gasteiger charge is 2.30. The minimum Gasteiger partial charge on any atom is -0.383 e. The van der Waals surface area contributed by atoms with E-state index in [9.17, 15) is 14.7 Å². The molecule has 0 aliphatic heterocycles. The number of hydrogen-bond acceptors (Lipinski definition) is 6. The lowest BCUT2D eigenvalue weighted by atomic mass is 9.79. The second-order valence-corrected chi connectivity index (χ2v) is 8.98. The summed E-state index contributed by atoms with van der Waals surface area (Å²) in [5.74, 6) is -0.602. The largest absolute Gasteiger partial charge is 0.383 e. The number of nitrogens with zero attached hydrogens (tertiary/aromatic N) is 1. The molecule has 0 spiro atoms. The summed E-state index contributed by atoms with van der Waals surface area (Å²) in [6, 6.07) is 9.39. The molecular formula is C22H30N4O3S. The zero-order valence-corrected chi connectivity index (χ0v) is 17.9. The Morgan fingerprint density at radius 2 is 1.87 bits per heavy atom. The number of aromatic nitrogens is 1. The number of carbonyl (C=O) groups is 2. The molecule has 1 aliphatic rings. The number of nitrogens with two attached hydrogens (primary N) is 1. The van der Waals surface area contributed by atoms with Gasteiger partial charge in [-0.3, -0.25) is 9.59 Å². The number of carbonyl (C=O) groups excluding carboxylic acids is 2. The fraction of sp³-hybridized carbons (Fsp3) is 0.500. The smallest absolute Gasteiger partial charge is 0.249 e. The van der Waals surface area contributed by atoms with Crippen molar-refractivity contribution in [2.75, 3.05) is 12.3 Å². The molecule has 162 valence electrons. The highest BCUT2D eigenvalue weighted by molar-refractivity contribution is 7.15. The standard InChI is InChI=1S/C22H30N4O3S/c23-22-26-13-17(30-22)12-24-20(28)18(16-9-5-2-6-10-16)14-25-21(29)19(27)11-15-7-3-1-4-8-15/h1,3-4,7-8,13,16,18-19,27H,2,5-6,9-12,14H2,(H2,23,26)(H,24,28)(H,25,29)/t18-,19+/m0/s1. The minimum atomic E-state index is -1.14. The Morgan fingerprint density at radius 1 is 1.13 bits per heavy atom. The molecule has 1 heterocycles. The van der Waals surface area contributed by atoms with Crippen LogP contribution in [0.5, 0.6) is 0 Å². The van der Waals surface area contributed by atoms with Crippen LogP contribution in [0.25, 0.3) is 0 Å². The van der Waals surface area contributed by atoms with Crippen molar-refractivity contribution in [2.24, 2.45) is 11.8 Å². The molecule has 30 heavy (non-hydrogen) atoms. The van der Waals surface area contributed by atoms with Crippen LogP contribution in [0, 0.1) is 11.8 Å². The highest BCUT2D eigenvalue weighted by Crippen LogP contribution is 2.30. The van der Waals surface area contributed by atoms with Gasteiger partial charge in [-0.05, 0) is 24.3 Å². The fourth-order valence-corrected chi connectivity index (χ4v) is 4.60. The molecule has 1 aliphatic carbocycles. The Kier molecular flexibility index (Phi) is 8.21. The molecule has 1 aromatic heterocycles. The Morgan fingerprint density at radius 3 is 2.53 bits per heavy atom. The fourth-order valence-electron chi connectivity index (χ4n) is 3.98. The van der Waals surface area contributed by atoms with Gasteiger partial charge in [0.1, 0.15) is 6.10 Å². The lowest BCUT2D eigenvalue weighted by Crippen LogP contribution is -2.45. The number of aliphatic hydroxyl groups excluding tert-OH is 1. The van der Waals surface area contributed by atoms with Crippen molar-refractivity contribution in [1.82, 2.24) is 15.6 Å². The summed E-state index contributed by atoms with van der Waals surface area (Å²) < 4.78 is 0. The minimum absolute atomic E-state index is 0.0771. The summed E-state index contributed by atoms with van der Waals surface area (Å²) in [6.07, 6.45) is 6.13. The van der Waals surface area contributed by atoms with Gasteiger partial charge in [0.2, 0.25) is 11.8 Å². The number of benzene rings is 1.